The summed E-state index contributed by atoms with van der Waals surface area (Å²) in [5.74, 6) is -2.45. The van der Waals surface area contributed by atoms with E-state index in [-0.39, 0.29) is 32.3 Å². The molecule has 0 aliphatic rings. The zero-order valence-corrected chi connectivity index (χ0v) is 17.6. The number of nitrogens with one attached hydrogen (secondary N) is 1. The second-order valence-electron chi connectivity index (χ2n) is 7.43. The maximum Gasteiger partial charge on any atom is 0.259 e. The van der Waals surface area contributed by atoms with Crippen LogP contribution in [-0.2, 0) is 10.0 Å². The van der Waals surface area contributed by atoms with Gasteiger partial charge in [-0.25, -0.2) is 12.8 Å². The topological polar surface area (TPSA) is 110 Å². The fourth-order valence-corrected chi connectivity index (χ4v) is 5.47. The number of primary amides is 1. The summed E-state index contributed by atoms with van der Waals surface area (Å²) < 4.78 is 40.5. The zero-order chi connectivity index (χ0) is 21.3. The van der Waals surface area contributed by atoms with Gasteiger partial charge >= 0.3 is 0 Å². The van der Waals surface area contributed by atoms with Crippen molar-refractivity contribution in [3.63, 3.8) is 0 Å². The molecule has 0 spiro atoms. The molecule has 2 aromatic rings. The van der Waals surface area contributed by atoms with E-state index in [2.05, 4.69) is 5.32 Å². The van der Waals surface area contributed by atoms with Crippen LogP contribution in [0.25, 0.3) is 0 Å². The number of thiophene rings is 1. The van der Waals surface area contributed by atoms with Crippen molar-refractivity contribution in [1.82, 2.24) is 4.31 Å². The molecule has 152 valence electrons. The Morgan fingerprint density at radius 1 is 1.21 bits per heavy atom. The molecule has 0 bridgehead atoms. The first-order valence-corrected chi connectivity index (χ1v) is 10.5. The molecule has 3 N–H and O–H groups in total. The van der Waals surface area contributed by atoms with E-state index in [1.165, 1.54) is 29.6 Å². The average Bonchev–Trinajstić information content (AvgIpc) is 2.98. The molecule has 28 heavy (non-hydrogen) atoms. The lowest BCUT2D eigenvalue weighted by Crippen LogP contribution is -2.34. The first-order valence-electron chi connectivity index (χ1n) is 8.29. The van der Waals surface area contributed by atoms with Crippen molar-refractivity contribution in [1.29, 1.82) is 0 Å². The second-order valence-corrected chi connectivity index (χ2v) is 10.8. The molecule has 10 heteroatoms. The van der Waals surface area contributed by atoms with Gasteiger partial charge in [-0.2, -0.15) is 4.31 Å². The Morgan fingerprint density at radius 3 is 2.36 bits per heavy atom. The lowest BCUT2D eigenvalue weighted by atomic mass is 9.97. The van der Waals surface area contributed by atoms with E-state index in [0.29, 0.717) is 11.3 Å². The number of nitrogens with two attached hydrogens (primary N) is 1. The van der Waals surface area contributed by atoms with Gasteiger partial charge in [0.05, 0.1) is 11.1 Å². The number of carbonyl (C=O) groups is 2. The number of hydrogen-bond donors (Lipinski definition) is 2. The van der Waals surface area contributed by atoms with Gasteiger partial charge in [-0.05, 0) is 23.6 Å². The number of halogens is 1. The smallest absolute Gasteiger partial charge is 0.259 e. The van der Waals surface area contributed by atoms with Gasteiger partial charge in [0.1, 0.15) is 15.0 Å². The predicted molar refractivity (Wildman–Crippen MR) is 106 cm³/mol. The van der Waals surface area contributed by atoms with Crippen LogP contribution in [0, 0.1) is 11.2 Å². The highest BCUT2D eigenvalue weighted by Gasteiger charge is 2.29. The summed E-state index contributed by atoms with van der Waals surface area (Å²) in [7, 11) is -2.46. The van der Waals surface area contributed by atoms with Crippen LogP contribution in [0.1, 0.15) is 41.5 Å². The molecule has 1 heterocycles. The third-order valence-corrected chi connectivity index (χ3v) is 6.99. The normalized spacial score (nSPS) is 12.2. The molecule has 0 atom stereocenters. The third-order valence-electron chi connectivity index (χ3n) is 3.68. The highest BCUT2D eigenvalue weighted by Crippen LogP contribution is 2.34. The molecule has 7 nitrogen and oxygen atoms in total. The number of hydrogen-bond acceptors (Lipinski definition) is 5. The van der Waals surface area contributed by atoms with Crippen LogP contribution in [0.2, 0.25) is 0 Å². The molecular weight excluding hydrogens is 405 g/mol. The van der Waals surface area contributed by atoms with Crippen LogP contribution in [0.3, 0.4) is 0 Å². The first kappa shape index (κ1) is 22.0. The number of carbonyl (C=O) groups excluding carboxylic acids is 2. The van der Waals surface area contributed by atoms with Crippen molar-refractivity contribution >= 4 is 38.2 Å². The molecule has 0 saturated carbocycles. The van der Waals surface area contributed by atoms with Gasteiger partial charge in [0.25, 0.3) is 21.8 Å². The van der Waals surface area contributed by atoms with Crippen molar-refractivity contribution in [2.45, 2.75) is 25.0 Å². The Balaban J connectivity index is 2.40. The van der Waals surface area contributed by atoms with Crippen molar-refractivity contribution < 1.29 is 22.4 Å². The second kappa shape index (κ2) is 7.98. The molecule has 0 unspecified atom stereocenters. The standard InChI is InChI=1S/C18H22FN3O4S2/c1-18(2,3)10-22(4)28(25,26)14-9-12(15(20)23)17(27-14)21-16(24)11-7-5-6-8-13(11)19/h5-9H,10H2,1-4H3,(H2,20,23)(H,21,24). The number of anilines is 1. The lowest BCUT2D eigenvalue weighted by Gasteiger charge is -2.25. The fourth-order valence-electron chi connectivity index (χ4n) is 2.49. The van der Waals surface area contributed by atoms with Gasteiger partial charge < -0.3 is 11.1 Å². The molecule has 0 radical (unpaired) electrons. The Bertz CT molecular complexity index is 1010. The average molecular weight is 428 g/mol. The van der Waals surface area contributed by atoms with E-state index in [4.69, 9.17) is 5.73 Å². The summed E-state index contributed by atoms with van der Waals surface area (Å²) in [4.78, 5) is 24.1. The molecule has 2 rings (SSSR count). The monoisotopic (exact) mass is 427 g/mol. The van der Waals surface area contributed by atoms with E-state index in [1.807, 2.05) is 20.8 Å². The molecule has 0 aliphatic heterocycles. The van der Waals surface area contributed by atoms with Gasteiger partial charge in [0.15, 0.2) is 0 Å². The van der Waals surface area contributed by atoms with Crippen LogP contribution < -0.4 is 11.1 Å². The molecule has 0 aliphatic carbocycles. The van der Waals surface area contributed by atoms with Gasteiger partial charge in [-0.1, -0.05) is 32.9 Å². The Hall–Kier alpha value is -2.30. The van der Waals surface area contributed by atoms with E-state index in [9.17, 15) is 22.4 Å². The summed E-state index contributed by atoms with van der Waals surface area (Å²) in [6, 6.07) is 6.44. The van der Waals surface area contributed by atoms with Gasteiger partial charge in [0.2, 0.25) is 0 Å². The maximum absolute atomic E-state index is 13.8. The number of nitrogens with zero attached hydrogens (tertiary/aromatic N) is 1. The van der Waals surface area contributed by atoms with E-state index < -0.39 is 27.7 Å². The van der Waals surface area contributed by atoms with E-state index in [0.717, 1.165) is 12.1 Å². The number of amides is 2. The number of benzene rings is 1. The Morgan fingerprint density at radius 2 is 1.82 bits per heavy atom. The van der Waals surface area contributed by atoms with Crippen LogP contribution in [0.5, 0.6) is 0 Å². The molecule has 0 fully saturated rings. The third kappa shape index (κ3) is 4.94. The Labute approximate surface area is 167 Å². The van der Waals surface area contributed by atoms with E-state index >= 15 is 0 Å². The van der Waals surface area contributed by atoms with Crippen LogP contribution in [0.15, 0.2) is 34.5 Å². The maximum atomic E-state index is 13.8. The molecule has 1 aromatic heterocycles. The SMILES string of the molecule is CN(CC(C)(C)C)S(=O)(=O)c1cc(C(N)=O)c(NC(=O)c2ccccc2F)s1. The largest absolute Gasteiger partial charge is 0.366 e. The quantitative estimate of drug-likeness (QED) is 0.739. The summed E-state index contributed by atoms with van der Waals surface area (Å²) in [6.45, 7) is 5.92. The van der Waals surface area contributed by atoms with Crippen molar-refractivity contribution in [2.75, 3.05) is 18.9 Å². The highest BCUT2D eigenvalue weighted by molar-refractivity contribution is 7.91. The van der Waals surface area contributed by atoms with Crippen molar-refractivity contribution in [3.8, 4) is 0 Å². The lowest BCUT2D eigenvalue weighted by molar-refractivity contribution is 0.100. The van der Waals surface area contributed by atoms with Crippen molar-refractivity contribution in [2.24, 2.45) is 11.1 Å². The minimum atomic E-state index is -3.90. The van der Waals surface area contributed by atoms with Crippen LogP contribution in [-0.4, -0.2) is 38.1 Å². The molecule has 1 aromatic carbocycles. The molecule has 0 saturated heterocycles. The van der Waals surface area contributed by atoms with E-state index in [1.54, 1.807) is 0 Å². The summed E-state index contributed by atoms with van der Waals surface area (Å²) in [5, 5.41) is 2.33. The van der Waals surface area contributed by atoms with Gasteiger partial charge in [-0.15, -0.1) is 11.3 Å². The van der Waals surface area contributed by atoms with Gasteiger partial charge in [-0.3, -0.25) is 9.59 Å². The minimum absolute atomic E-state index is 0.0523. The van der Waals surface area contributed by atoms with Gasteiger partial charge in [0, 0.05) is 13.6 Å². The van der Waals surface area contributed by atoms with Crippen LogP contribution >= 0.6 is 11.3 Å². The predicted octanol–water partition coefficient (Wildman–Crippen LogP) is 2.91. The zero-order valence-electron chi connectivity index (χ0n) is 15.9. The summed E-state index contributed by atoms with van der Waals surface area (Å²) in [6.07, 6.45) is 0. The fraction of sp³-hybridized carbons (Fsp3) is 0.333. The summed E-state index contributed by atoms with van der Waals surface area (Å²) in [5.41, 5.74) is 4.65. The van der Waals surface area contributed by atoms with Crippen molar-refractivity contribution in [3.05, 3.63) is 47.3 Å². The van der Waals surface area contributed by atoms with Crippen LogP contribution in [0.4, 0.5) is 9.39 Å². The highest BCUT2D eigenvalue weighted by atomic mass is 32.2. The minimum Gasteiger partial charge on any atom is -0.366 e. The number of rotatable bonds is 6. The Kier molecular flexibility index (Phi) is 6.27. The molecular formula is C18H22FN3O4S2. The molecule has 2 amide bonds. The first-order chi connectivity index (χ1) is 12.8. The number of sulfonamides is 1. The summed E-state index contributed by atoms with van der Waals surface area (Å²) >= 11 is 0.693.